The van der Waals surface area contributed by atoms with Crippen molar-refractivity contribution in [2.75, 3.05) is 7.05 Å². The second-order valence-corrected chi connectivity index (χ2v) is 6.14. The maximum absolute atomic E-state index is 6.32. The van der Waals surface area contributed by atoms with Crippen molar-refractivity contribution in [3.05, 3.63) is 64.4 Å². The van der Waals surface area contributed by atoms with Gasteiger partial charge in [-0.25, -0.2) is 0 Å². The normalized spacial score (nSPS) is 19.0. The van der Waals surface area contributed by atoms with E-state index < -0.39 is 0 Å². The number of benzene rings is 1. The van der Waals surface area contributed by atoms with E-state index in [0.717, 1.165) is 17.9 Å². The van der Waals surface area contributed by atoms with E-state index in [0.29, 0.717) is 12.0 Å². The molecule has 21 heavy (non-hydrogen) atoms. The number of hydrogen-bond donors (Lipinski definition) is 1. The topological polar surface area (TPSA) is 24.9 Å². The average molecular weight is 301 g/mol. The quantitative estimate of drug-likeness (QED) is 0.923. The first-order valence-electron chi connectivity index (χ1n) is 7.64. The third kappa shape index (κ3) is 3.12. The number of aryl methyl sites for hydroxylation is 1. The molecule has 1 aromatic heterocycles. The number of fused-ring (bicyclic) bond motifs is 1. The van der Waals surface area contributed by atoms with Crippen LogP contribution in [0, 0.1) is 0 Å². The van der Waals surface area contributed by atoms with Crippen LogP contribution in [0.4, 0.5) is 0 Å². The highest BCUT2D eigenvalue weighted by Crippen LogP contribution is 2.34. The fourth-order valence-corrected chi connectivity index (χ4v) is 3.60. The van der Waals surface area contributed by atoms with Gasteiger partial charge in [0, 0.05) is 28.9 Å². The molecule has 2 atom stereocenters. The molecule has 0 aliphatic heterocycles. The van der Waals surface area contributed by atoms with E-state index in [2.05, 4.69) is 28.5 Å². The summed E-state index contributed by atoms with van der Waals surface area (Å²) in [4.78, 5) is 4.66. The molecule has 0 radical (unpaired) electrons. The van der Waals surface area contributed by atoms with Crippen LogP contribution in [-0.2, 0) is 12.8 Å². The molecule has 0 saturated carbocycles. The third-order valence-corrected chi connectivity index (χ3v) is 4.86. The van der Waals surface area contributed by atoms with Gasteiger partial charge in [0.2, 0.25) is 0 Å². The van der Waals surface area contributed by atoms with Crippen molar-refractivity contribution >= 4 is 11.6 Å². The Morgan fingerprint density at radius 3 is 2.95 bits per heavy atom. The Bertz CT molecular complexity index is 612. The van der Waals surface area contributed by atoms with Crippen LogP contribution in [0.2, 0.25) is 5.02 Å². The van der Waals surface area contributed by atoms with Gasteiger partial charge in [0.05, 0.1) is 0 Å². The average Bonchev–Trinajstić information content (AvgIpc) is 2.54. The number of likely N-dealkylation sites (N-methyl/N-ethyl adjacent to an activating group) is 1. The number of halogens is 1. The summed E-state index contributed by atoms with van der Waals surface area (Å²) in [6.07, 6.45) is 6.45. The molecule has 2 nitrogen and oxygen atoms in total. The first kappa shape index (κ1) is 14.6. The minimum atomic E-state index is 0.374. The monoisotopic (exact) mass is 300 g/mol. The van der Waals surface area contributed by atoms with Crippen molar-refractivity contribution < 1.29 is 0 Å². The minimum Gasteiger partial charge on any atom is -0.316 e. The maximum atomic E-state index is 6.32. The molecule has 1 aliphatic carbocycles. The molecule has 110 valence electrons. The maximum Gasteiger partial charge on any atom is 0.0482 e. The predicted octanol–water partition coefficient (Wildman–Crippen LogP) is 3.99. The van der Waals surface area contributed by atoms with Crippen molar-refractivity contribution in [3.8, 4) is 0 Å². The Morgan fingerprint density at radius 1 is 1.29 bits per heavy atom. The van der Waals surface area contributed by atoms with E-state index in [1.807, 2.05) is 31.4 Å². The standard InChI is InChI=1S/C18H21ClN2/c1-20-17(12-14-6-2-3-10-16(14)19)15-9-4-7-13-8-5-11-21-18(13)15/h2-3,5-6,8,10-11,15,17,20H,4,7,9,12H2,1H3. The number of nitrogens with one attached hydrogen (secondary N) is 1. The Hall–Kier alpha value is -1.38. The summed E-state index contributed by atoms with van der Waals surface area (Å²) in [5.41, 5.74) is 3.89. The molecule has 1 aromatic carbocycles. The Balaban J connectivity index is 1.86. The lowest BCUT2D eigenvalue weighted by Gasteiger charge is -2.31. The summed E-state index contributed by atoms with van der Waals surface area (Å²) < 4.78 is 0. The van der Waals surface area contributed by atoms with Gasteiger partial charge in [-0.2, -0.15) is 0 Å². The van der Waals surface area contributed by atoms with Crippen molar-refractivity contribution in [1.82, 2.24) is 10.3 Å². The number of pyridine rings is 1. The van der Waals surface area contributed by atoms with E-state index >= 15 is 0 Å². The summed E-state index contributed by atoms with van der Waals surface area (Å²) in [6, 6.07) is 12.8. The van der Waals surface area contributed by atoms with Crippen LogP contribution >= 0.6 is 11.6 Å². The molecule has 1 aliphatic rings. The third-order valence-electron chi connectivity index (χ3n) is 4.49. The van der Waals surface area contributed by atoms with Crippen molar-refractivity contribution in [3.63, 3.8) is 0 Å². The first-order valence-corrected chi connectivity index (χ1v) is 8.02. The number of hydrogen-bond acceptors (Lipinski definition) is 2. The van der Waals surface area contributed by atoms with Crippen LogP contribution in [-0.4, -0.2) is 18.1 Å². The molecule has 0 saturated heterocycles. The second-order valence-electron chi connectivity index (χ2n) is 5.74. The summed E-state index contributed by atoms with van der Waals surface area (Å²) >= 11 is 6.32. The zero-order chi connectivity index (χ0) is 14.7. The van der Waals surface area contributed by atoms with Crippen molar-refractivity contribution in [2.45, 2.75) is 37.6 Å². The number of nitrogens with zero attached hydrogens (tertiary/aromatic N) is 1. The van der Waals surface area contributed by atoms with Gasteiger partial charge in [-0.3, -0.25) is 4.98 Å². The molecule has 3 rings (SSSR count). The van der Waals surface area contributed by atoms with Gasteiger partial charge >= 0.3 is 0 Å². The Kier molecular flexibility index (Phi) is 4.57. The smallest absolute Gasteiger partial charge is 0.0482 e. The fourth-order valence-electron chi connectivity index (χ4n) is 3.38. The molecule has 2 aromatic rings. The Labute approximate surface area is 131 Å². The van der Waals surface area contributed by atoms with Crippen LogP contribution in [0.15, 0.2) is 42.6 Å². The number of aromatic nitrogens is 1. The fraction of sp³-hybridized carbons (Fsp3) is 0.389. The lowest BCUT2D eigenvalue weighted by molar-refractivity contribution is 0.403. The lowest BCUT2D eigenvalue weighted by atomic mass is 9.80. The van der Waals surface area contributed by atoms with Crippen molar-refractivity contribution in [2.24, 2.45) is 0 Å². The van der Waals surface area contributed by atoms with Gasteiger partial charge in [-0.05, 0) is 56.0 Å². The Morgan fingerprint density at radius 2 is 2.14 bits per heavy atom. The van der Waals surface area contributed by atoms with Crippen LogP contribution in [0.3, 0.4) is 0 Å². The summed E-state index contributed by atoms with van der Waals surface area (Å²) in [5.74, 6) is 0.469. The molecule has 0 bridgehead atoms. The molecular formula is C18H21ClN2. The molecule has 1 N–H and O–H groups in total. The first-order chi connectivity index (χ1) is 10.3. The van der Waals surface area contributed by atoms with Gasteiger partial charge in [-0.15, -0.1) is 0 Å². The van der Waals surface area contributed by atoms with Gasteiger partial charge in [-0.1, -0.05) is 35.9 Å². The van der Waals surface area contributed by atoms with Crippen LogP contribution in [0.1, 0.15) is 35.6 Å². The lowest BCUT2D eigenvalue weighted by Crippen LogP contribution is -2.36. The van der Waals surface area contributed by atoms with Crippen molar-refractivity contribution in [1.29, 1.82) is 0 Å². The van der Waals surface area contributed by atoms with Gasteiger partial charge in [0.1, 0.15) is 0 Å². The SMILES string of the molecule is CNC(Cc1ccccc1Cl)C1CCCc2cccnc21. The highest BCUT2D eigenvalue weighted by atomic mass is 35.5. The molecule has 0 spiro atoms. The molecule has 2 unspecified atom stereocenters. The van der Waals surface area contributed by atoms with Gasteiger partial charge < -0.3 is 5.32 Å². The second kappa shape index (κ2) is 6.59. The van der Waals surface area contributed by atoms with Crippen LogP contribution in [0.5, 0.6) is 0 Å². The molecule has 3 heteroatoms. The molecule has 0 amide bonds. The summed E-state index contributed by atoms with van der Waals surface area (Å²) in [5, 5.41) is 4.35. The van der Waals surface area contributed by atoms with Crippen LogP contribution in [0.25, 0.3) is 0 Å². The van der Waals surface area contributed by atoms with Gasteiger partial charge in [0.15, 0.2) is 0 Å². The van der Waals surface area contributed by atoms with E-state index in [4.69, 9.17) is 11.6 Å². The molecule has 1 heterocycles. The predicted molar refractivity (Wildman–Crippen MR) is 87.9 cm³/mol. The summed E-state index contributed by atoms with van der Waals surface area (Å²) in [7, 11) is 2.04. The van der Waals surface area contributed by atoms with E-state index in [9.17, 15) is 0 Å². The number of rotatable bonds is 4. The summed E-state index contributed by atoms with van der Waals surface area (Å²) in [6.45, 7) is 0. The highest BCUT2D eigenvalue weighted by molar-refractivity contribution is 6.31. The zero-order valence-electron chi connectivity index (χ0n) is 12.3. The molecular weight excluding hydrogens is 280 g/mol. The van der Waals surface area contributed by atoms with Crippen LogP contribution < -0.4 is 5.32 Å². The van der Waals surface area contributed by atoms with E-state index in [1.54, 1.807) is 0 Å². The highest BCUT2D eigenvalue weighted by Gasteiger charge is 2.28. The largest absolute Gasteiger partial charge is 0.316 e. The van der Waals surface area contributed by atoms with Gasteiger partial charge in [0.25, 0.3) is 0 Å². The zero-order valence-corrected chi connectivity index (χ0v) is 13.1. The minimum absolute atomic E-state index is 0.374. The molecule has 0 fully saturated rings. The van der Waals surface area contributed by atoms with E-state index in [-0.39, 0.29) is 0 Å². The van der Waals surface area contributed by atoms with E-state index in [1.165, 1.54) is 29.7 Å².